The number of carbonyl (C=O) groups excluding carboxylic acids is 2. The summed E-state index contributed by atoms with van der Waals surface area (Å²) in [4.78, 5) is 23.5. The summed E-state index contributed by atoms with van der Waals surface area (Å²) < 4.78 is 29.8. The molecule has 1 amide bonds. The van der Waals surface area contributed by atoms with Gasteiger partial charge in [0.15, 0.2) is 6.61 Å². The van der Waals surface area contributed by atoms with E-state index in [0.717, 1.165) is 4.31 Å². The van der Waals surface area contributed by atoms with Gasteiger partial charge in [-0.1, -0.05) is 0 Å². The minimum absolute atomic E-state index is 0.0736. The van der Waals surface area contributed by atoms with E-state index in [0.29, 0.717) is 0 Å². The third-order valence-corrected chi connectivity index (χ3v) is 4.55. The molecular weight excluding hydrogens is 320 g/mol. The summed E-state index contributed by atoms with van der Waals surface area (Å²) in [6, 6.07) is 5.34. The van der Waals surface area contributed by atoms with Crippen LogP contribution >= 0.6 is 0 Å². The van der Waals surface area contributed by atoms with Gasteiger partial charge in [-0.25, -0.2) is 17.5 Å². The van der Waals surface area contributed by atoms with Gasteiger partial charge in [0, 0.05) is 19.6 Å². The zero-order valence-corrected chi connectivity index (χ0v) is 14.7. The first-order valence-corrected chi connectivity index (χ1v) is 8.38. The van der Waals surface area contributed by atoms with Crippen molar-refractivity contribution in [2.45, 2.75) is 31.2 Å². The second-order valence-corrected chi connectivity index (χ2v) is 8.34. The number of ether oxygens (including phenoxy) is 1. The van der Waals surface area contributed by atoms with Gasteiger partial charge < -0.3 is 10.1 Å². The molecule has 0 unspecified atom stereocenters. The lowest BCUT2D eigenvalue weighted by Crippen LogP contribution is -2.42. The number of esters is 1. The summed E-state index contributed by atoms with van der Waals surface area (Å²) in [5.41, 5.74) is -0.239. The zero-order valence-electron chi connectivity index (χ0n) is 13.9. The molecule has 128 valence electrons. The molecule has 0 atom stereocenters. The lowest BCUT2D eigenvalue weighted by atomic mass is 10.1. The standard InChI is InChI=1S/C15H22N2O5S/c1-15(2,3)16-13(18)10-22-14(19)11-6-8-12(9-7-11)23(20,21)17(4)5/h6-9H,10H2,1-5H3,(H,16,18). The summed E-state index contributed by atoms with van der Waals surface area (Å²) in [6.07, 6.45) is 0. The van der Waals surface area contributed by atoms with Gasteiger partial charge in [-0.2, -0.15) is 0 Å². The molecule has 0 radical (unpaired) electrons. The summed E-state index contributed by atoms with van der Waals surface area (Å²) in [7, 11) is -0.704. The van der Waals surface area contributed by atoms with Crippen LogP contribution in [0, 0.1) is 0 Å². The number of carbonyl (C=O) groups is 2. The molecule has 1 rings (SSSR count). The Kier molecular flexibility index (Phi) is 5.90. The third-order valence-electron chi connectivity index (χ3n) is 2.72. The van der Waals surface area contributed by atoms with E-state index in [4.69, 9.17) is 4.74 Å². The van der Waals surface area contributed by atoms with Crippen LogP contribution < -0.4 is 5.32 Å². The number of hydrogen-bond acceptors (Lipinski definition) is 5. The average molecular weight is 342 g/mol. The van der Waals surface area contributed by atoms with Crippen molar-refractivity contribution in [2.75, 3.05) is 20.7 Å². The second kappa shape index (κ2) is 7.10. The van der Waals surface area contributed by atoms with Crippen LogP contribution in [0.5, 0.6) is 0 Å². The highest BCUT2D eigenvalue weighted by Crippen LogP contribution is 2.14. The van der Waals surface area contributed by atoms with Crippen molar-refractivity contribution >= 4 is 21.9 Å². The lowest BCUT2D eigenvalue weighted by molar-refractivity contribution is -0.125. The fraction of sp³-hybridized carbons (Fsp3) is 0.467. The fourth-order valence-electron chi connectivity index (χ4n) is 1.64. The molecular formula is C15H22N2O5S. The Morgan fingerprint density at radius 1 is 1.13 bits per heavy atom. The van der Waals surface area contributed by atoms with Gasteiger partial charge in [0.05, 0.1) is 10.5 Å². The van der Waals surface area contributed by atoms with E-state index in [1.165, 1.54) is 38.4 Å². The monoisotopic (exact) mass is 342 g/mol. The van der Waals surface area contributed by atoms with Gasteiger partial charge >= 0.3 is 5.97 Å². The Morgan fingerprint density at radius 3 is 2.09 bits per heavy atom. The predicted octanol–water partition coefficient (Wildman–Crippen LogP) is 1.01. The normalized spacial score (nSPS) is 12.1. The van der Waals surface area contributed by atoms with Crippen LogP contribution in [-0.4, -0.2) is 50.8 Å². The number of sulfonamides is 1. The topological polar surface area (TPSA) is 92.8 Å². The number of rotatable bonds is 5. The van der Waals surface area contributed by atoms with Crippen LogP contribution in [0.1, 0.15) is 31.1 Å². The van der Waals surface area contributed by atoms with Crippen molar-refractivity contribution in [1.29, 1.82) is 0 Å². The maximum atomic E-state index is 11.9. The van der Waals surface area contributed by atoms with E-state index in [9.17, 15) is 18.0 Å². The quantitative estimate of drug-likeness (QED) is 0.806. The average Bonchev–Trinajstić information content (AvgIpc) is 2.43. The van der Waals surface area contributed by atoms with E-state index in [1.54, 1.807) is 0 Å². The first kappa shape index (κ1) is 19.1. The number of benzene rings is 1. The predicted molar refractivity (Wildman–Crippen MR) is 85.5 cm³/mol. The third kappa shape index (κ3) is 5.65. The molecule has 0 saturated carbocycles. The first-order valence-electron chi connectivity index (χ1n) is 6.94. The van der Waals surface area contributed by atoms with E-state index >= 15 is 0 Å². The fourth-order valence-corrected chi connectivity index (χ4v) is 2.54. The SMILES string of the molecule is CN(C)S(=O)(=O)c1ccc(C(=O)OCC(=O)NC(C)(C)C)cc1. The van der Waals surface area contributed by atoms with Crippen LogP contribution in [0.4, 0.5) is 0 Å². The van der Waals surface area contributed by atoms with Crippen LogP contribution in [0.3, 0.4) is 0 Å². The van der Waals surface area contributed by atoms with Crippen molar-refractivity contribution < 1.29 is 22.7 Å². The summed E-state index contributed by atoms with van der Waals surface area (Å²) in [6.45, 7) is 5.05. The molecule has 23 heavy (non-hydrogen) atoms. The molecule has 0 aromatic heterocycles. The van der Waals surface area contributed by atoms with E-state index in [2.05, 4.69) is 5.32 Å². The maximum Gasteiger partial charge on any atom is 0.338 e. The molecule has 0 bridgehead atoms. The largest absolute Gasteiger partial charge is 0.452 e. The van der Waals surface area contributed by atoms with Crippen molar-refractivity contribution in [1.82, 2.24) is 9.62 Å². The number of hydrogen-bond donors (Lipinski definition) is 1. The van der Waals surface area contributed by atoms with Crippen LogP contribution in [0.25, 0.3) is 0 Å². The molecule has 0 aliphatic rings. The minimum Gasteiger partial charge on any atom is -0.452 e. The molecule has 7 nitrogen and oxygen atoms in total. The highest BCUT2D eigenvalue weighted by Gasteiger charge is 2.19. The molecule has 1 N–H and O–H groups in total. The van der Waals surface area contributed by atoms with Crippen molar-refractivity contribution in [2.24, 2.45) is 0 Å². The van der Waals surface area contributed by atoms with E-state index in [-0.39, 0.29) is 10.5 Å². The Balaban J connectivity index is 2.71. The highest BCUT2D eigenvalue weighted by molar-refractivity contribution is 7.89. The molecule has 0 spiro atoms. The summed E-state index contributed by atoms with van der Waals surface area (Å²) >= 11 is 0. The van der Waals surface area contributed by atoms with Crippen molar-refractivity contribution in [3.8, 4) is 0 Å². The highest BCUT2D eigenvalue weighted by atomic mass is 32.2. The molecule has 0 aliphatic heterocycles. The Bertz CT molecular complexity index is 673. The number of nitrogens with one attached hydrogen (secondary N) is 1. The van der Waals surface area contributed by atoms with Gasteiger partial charge in [-0.3, -0.25) is 4.79 Å². The Labute approximate surface area is 136 Å². The van der Waals surface area contributed by atoms with E-state index in [1.807, 2.05) is 20.8 Å². The molecule has 0 heterocycles. The van der Waals surface area contributed by atoms with E-state index < -0.39 is 34.0 Å². The van der Waals surface area contributed by atoms with Crippen molar-refractivity contribution in [3.63, 3.8) is 0 Å². The van der Waals surface area contributed by atoms with Gasteiger partial charge in [0.2, 0.25) is 10.0 Å². The van der Waals surface area contributed by atoms with Gasteiger partial charge in [-0.15, -0.1) is 0 Å². The molecule has 0 saturated heterocycles. The number of nitrogens with zero attached hydrogens (tertiary/aromatic N) is 1. The molecule has 1 aromatic carbocycles. The Hall–Kier alpha value is -1.93. The summed E-state index contributed by atoms with van der Waals surface area (Å²) in [5, 5.41) is 2.67. The molecule has 1 aromatic rings. The first-order chi connectivity index (χ1) is 10.4. The van der Waals surface area contributed by atoms with Gasteiger partial charge in [-0.05, 0) is 45.0 Å². The maximum absolute atomic E-state index is 11.9. The molecule has 0 aliphatic carbocycles. The number of amides is 1. The summed E-state index contributed by atoms with van der Waals surface area (Å²) in [5.74, 6) is -1.10. The lowest BCUT2D eigenvalue weighted by Gasteiger charge is -2.20. The van der Waals surface area contributed by atoms with Crippen LogP contribution in [0.15, 0.2) is 29.2 Å². The van der Waals surface area contributed by atoms with Gasteiger partial charge in [0.25, 0.3) is 5.91 Å². The smallest absolute Gasteiger partial charge is 0.338 e. The molecule has 8 heteroatoms. The molecule has 0 fully saturated rings. The van der Waals surface area contributed by atoms with Crippen LogP contribution in [-0.2, 0) is 19.6 Å². The minimum atomic E-state index is -3.55. The Morgan fingerprint density at radius 2 is 1.65 bits per heavy atom. The second-order valence-electron chi connectivity index (χ2n) is 6.19. The van der Waals surface area contributed by atoms with Crippen LogP contribution in [0.2, 0.25) is 0 Å². The van der Waals surface area contributed by atoms with Crippen molar-refractivity contribution in [3.05, 3.63) is 29.8 Å². The zero-order chi connectivity index (χ0) is 17.8. The van der Waals surface area contributed by atoms with Gasteiger partial charge in [0.1, 0.15) is 0 Å².